The fourth-order valence-corrected chi connectivity index (χ4v) is 3.14. The molecule has 1 fully saturated rings. The summed E-state index contributed by atoms with van der Waals surface area (Å²) in [6.07, 6.45) is 1.87. The third kappa shape index (κ3) is 3.90. The highest BCUT2D eigenvalue weighted by molar-refractivity contribution is 6.30. The number of hydrogen-bond donors (Lipinski definition) is 1. The summed E-state index contributed by atoms with van der Waals surface area (Å²) < 4.78 is 13.8. The summed E-state index contributed by atoms with van der Waals surface area (Å²) in [6, 6.07) is 4.56. The number of halogens is 2. The summed E-state index contributed by atoms with van der Waals surface area (Å²) in [6.45, 7) is 6.34. The maximum Gasteiger partial charge on any atom is 0.321 e. The molecule has 2 amide bonds. The fourth-order valence-electron chi connectivity index (χ4n) is 2.98. The zero-order valence-corrected chi connectivity index (χ0v) is 14.0. The summed E-state index contributed by atoms with van der Waals surface area (Å²) in [7, 11) is 1.77. The Kier molecular flexibility index (Phi) is 5.64. The van der Waals surface area contributed by atoms with Crippen molar-refractivity contribution in [2.24, 2.45) is 0 Å². The van der Waals surface area contributed by atoms with Gasteiger partial charge in [0.2, 0.25) is 0 Å². The molecule has 0 aromatic heterocycles. The Morgan fingerprint density at radius 3 is 2.86 bits per heavy atom. The summed E-state index contributed by atoms with van der Waals surface area (Å²) >= 11 is 5.71. The van der Waals surface area contributed by atoms with Crippen molar-refractivity contribution in [3.05, 3.63) is 29.0 Å². The average Bonchev–Trinajstić information content (AvgIpc) is 2.49. The molecule has 2 atom stereocenters. The van der Waals surface area contributed by atoms with E-state index in [1.807, 2.05) is 0 Å². The van der Waals surface area contributed by atoms with E-state index < -0.39 is 5.82 Å². The van der Waals surface area contributed by atoms with Gasteiger partial charge in [-0.1, -0.05) is 18.5 Å². The second-order valence-electron chi connectivity index (χ2n) is 5.82. The Balaban J connectivity index is 1.97. The van der Waals surface area contributed by atoms with Crippen molar-refractivity contribution < 1.29 is 9.18 Å². The first-order valence-corrected chi connectivity index (χ1v) is 8.03. The average molecular weight is 328 g/mol. The minimum Gasteiger partial charge on any atom is -0.325 e. The predicted octanol–water partition coefficient (Wildman–Crippen LogP) is 3.82. The fraction of sp³-hybridized carbons (Fsp3) is 0.562. The molecular formula is C16H23ClFN3O. The molecule has 1 aliphatic rings. The number of likely N-dealkylation sites (tertiary alicyclic amines) is 1. The van der Waals surface area contributed by atoms with Crippen LogP contribution >= 0.6 is 11.6 Å². The third-order valence-electron chi connectivity index (χ3n) is 4.43. The second-order valence-corrected chi connectivity index (χ2v) is 6.26. The molecule has 122 valence electrons. The van der Waals surface area contributed by atoms with E-state index >= 15 is 0 Å². The number of anilines is 1. The topological polar surface area (TPSA) is 35.6 Å². The van der Waals surface area contributed by atoms with Gasteiger partial charge < -0.3 is 15.1 Å². The summed E-state index contributed by atoms with van der Waals surface area (Å²) in [5, 5.41) is 2.92. The lowest BCUT2D eigenvalue weighted by Crippen LogP contribution is -2.50. The normalized spacial score (nSPS) is 22.4. The van der Waals surface area contributed by atoms with Crippen LogP contribution in [-0.2, 0) is 0 Å². The zero-order chi connectivity index (χ0) is 16.3. The van der Waals surface area contributed by atoms with Crippen LogP contribution in [0.2, 0.25) is 5.02 Å². The van der Waals surface area contributed by atoms with E-state index in [1.54, 1.807) is 18.0 Å². The van der Waals surface area contributed by atoms with Gasteiger partial charge in [0, 0.05) is 30.7 Å². The number of nitrogens with one attached hydrogen (secondary N) is 1. The number of hydrogen-bond acceptors (Lipinski definition) is 2. The maximum atomic E-state index is 13.8. The molecule has 2 unspecified atom stereocenters. The molecular weight excluding hydrogens is 305 g/mol. The summed E-state index contributed by atoms with van der Waals surface area (Å²) in [5.41, 5.74) is 0.153. The second kappa shape index (κ2) is 7.29. The zero-order valence-electron chi connectivity index (χ0n) is 13.3. The predicted molar refractivity (Wildman–Crippen MR) is 87.9 cm³/mol. The highest BCUT2D eigenvalue weighted by Crippen LogP contribution is 2.23. The van der Waals surface area contributed by atoms with Crippen molar-refractivity contribution in [1.29, 1.82) is 0 Å². The number of rotatable bonds is 3. The molecule has 6 heteroatoms. The number of nitrogens with zero attached hydrogens (tertiary/aromatic N) is 2. The Morgan fingerprint density at radius 2 is 2.27 bits per heavy atom. The molecule has 1 saturated heterocycles. The Hall–Kier alpha value is -1.33. The van der Waals surface area contributed by atoms with Crippen LogP contribution in [0.25, 0.3) is 0 Å². The number of benzene rings is 1. The molecule has 0 bridgehead atoms. The van der Waals surface area contributed by atoms with Crippen molar-refractivity contribution in [1.82, 2.24) is 9.80 Å². The molecule has 0 saturated carbocycles. The smallest absolute Gasteiger partial charge is 0.321 e. The van der Waals surface area contributed by atoms with E-state index in [0.29, 0.717) is 11.1 Å². The Labute approximate surface area is 136 Å². The molecule has 1 aromatic carbocycles. The molecule has 0 radical (unpaired) electrons. The van der Waals surface area contributed by atoms with Crippen LogP contribution in [0.15, 0.2) is 18.2 Å². The molecule has 0 spiro atoms. The Morgan fingerprint density at radius 1 is 1.55 bits per heavy atom. The molecule has 1 heterocycles. The number of piperidine rings is 1. The van der Waals surface area contributed by atoms with Crippen molar-refractivity contribution >= 4 is 23.3 Å². The van der Waals surface area contributed by atoms with Gasteiger partial charge in [-0.05, 0) is 44.5 Å². The minimum absolute atomic E-state index is 0.153. The van der Waals surface area contributed by atoms with E-state index in [0.717, 1.165) is 25.9 Å². The summed E-state index contributed by atoms with van der Waals surface area (Å²) in [5.74, 6) is -0.525. The number of carbonyl (C=O) groups excluding carboxylic acids is 1. The molecule has 22 heavy (non-hydrogen) atoms. The van der Waals surface area contributed by atoms with E-state index in [-0.39, 0.29) is 17.8 Å². The van der Waals surface area contributed by atoms with Crippen molar-refractivity contribution in [2.75, 3.05) is 25.5 Å². The van der Waals surface area contributed by atoms with Gasteiger partial charge in [0.05, 0.1) is 5.69 Å². The molecule has 4 nitrogen and oxygen atoms in total. The standard InChI is InChI=1S/C16H23ClFN3O/c1-4-21-8-7-13(9-11(21)2)20(3)16(22)19-15-6-5-12(17)10-14(15)18/h5-6,10-11,13H,4,7-9H2,1-3H3,(H,19,22). The van der Waals surface area contributed by atoms with Crippen LogP contribution in [-0.4, -0.2) is 48.1 Å². The first-order chi connectivity index (χ1) is 10.4. The van der Waals surface area contributed by atoms with E-state index in [4.69, 9.17) is 11.6 Å². The van der Waals surface area contributed by atoms with Gasteiger partial charge in [0.15, 0.2) is 0 Å². The van der Waals surface area contributed by atoms with Crippen molar-refractivity contribution in [3.63, 3.8) is 0 Å². The lowest BCUT2D eigenvalue weighted by molar-refractivity contribution is 0.104. The van der Waals surface area contributed by atoms with Crippen molar-refractivity contribution in [2.45, 2.75) is 38.8 Å². The van der Waals surface area contributed by atoms with E-state index in [2.05, 4.69) is 24.1 Å². The lowest BCUT2D eigenvalue weighted by Gasteiger charge is -2.40. The molecule has 1 N–H and O–H groups in total. The van der Waals surface area contributed by atoms with Gasteiger partial charge in [0.1, 0.15) is 5.82 Å². The summed E-state index contributed by atoms with van der Waals surface area (Å²) in [4.78, 5) is 16.4. The van der Waals surface area contributed by atoms with Crippen LogP contribution in [0.4, 0.5) is 14.9 Å². The molecule has 1 aliphatic heterocycles. The number of urea groups is 1. The quantitative estimate of drug-likeness (QED) is 0.916. The first kappa shape index (κ1) is 17.0. The van der Waals surface area contributed by atoms with Gasteiger partial charge in [0.25, 0.3) is 0 Å². The van der Waals surface area contributed by atoms with Crippen LogP contribution in [0, 0.1) is 5.82 Å². The van der Waals surface area contributed by atoms with Gasteiger partial charge in [-0.15, -0.1) is 0 Å². The van der Waals surface area contributed by atoms with Gasteiger partial charge in [-0.25, -0.2) is 9.18 Å². The minimum atomic E-state index is -0.525. The monoisotopic (exact) mass is 327 g/mol. The van der Waals surface area contributed by atoms with E-state index in [1.165, 1.54) is 12.1 Å². The molecule has 2 rings (SSSR count). The van der Waals surface area contributed by atoms with Crippen LogP contribution in [0.5, 0.6) is 0 Å². The van der Waals surface area contributed by atoms with Crippen LogP contribution < -0.4 is 5.32 Å². The maximum absolute atomic E-state index is 13.8. The van der Waals surface area contributed by atoms with Gasteiger partial charge >= 0.3 is 6.03 Å². The van der Waals surface area contributed by atoms with Gasteiger partial charge in [-0.3, -0.25) is 0 Å². The molecule has 1 aromatic rings. The SMILES string of the molecule is CCN1CCC(N(C)C(=O)Nc2ccc(Cl)cc2F)CC1C. The first-order valence-electron chi connectivity index (χ1n) is 7.65. The number of carbonyl (C=O) groups is 1. The van der Waals surface area contributed by atoms with E-state index in [9.17, 15) is 9.18 Å². The third-order valence-corrected chi connectivity index (χ3v) is 4.67. The highest BCUT2D eigenvalue weighted by atomic mass is 35.5. The van der Waals surface area contributed by atoms with Crippen LogP contribution in [0.3, 0.4) is 0 Å². The number of amides is 2. The Bertz CT molecular complexity index is 540. The van der Waals surface area contributed by atoms with Gasteiger partial charge in [-0.2, -0.15) is 0 Å². The van der Waals surface area contributed by atoms with Crippen LogP contribution in [0.1, 0.15) is 26.7 Å². The largest absolute Gasteiger partial charge is 0.325 e. The highest BCUT2D eigenvalue weighted by Gasteiger charge is 2.29. The van der Waals surface area contributed by atoms with Crippen molar-refractivity contribution in [3.8, 4) is 0 Å². The lowest BCUT2D eigenvalue weighted by atomic mass is 9.97. The molecule has 0 aliphatic carbocycles.